The molecule has 1 aromatic carbocycles. The fraction of sp³-hybridized carbons (Fsp3) is 0.417. The third kappa shape index (κ3) is 1.50. The molecule has 1 saturated carbocycles. The van der Waals surface area contributed by atoms with Crippen molar-refractivity contribution in [3.05, 3.63) is 23.8 Å². The Morgan fingerprint density at radius 1 is 1.19 bits per heavy atom. The highest BCUT2D eigenvalue weighted by atomic mass is 16.5. The first-order valence-corrected chi connectivity index (χ1v) is 5.32. The minimum absolute atomic E-state index is 0.183. The van der Waals surface area contributed by atoms with Crippen LogP contribution in [0.3, 0.4) is 0 Å². The maximum Gasteiger partial charge on any atom is 0.335 e. The second kappa shape index (κ2) is 3.14. The lowest BCUT2D eigenvalue weighted by atomic mass is 10.1. The smallest absolute Gasteiger partial charge is 0.335 e. The number of hydrogen-bond donors (Lipinski definition) is 1. The van der Waals surface area contributed by atoms with Crippen LogP contribution >= 0.6 is 0 Å². The fourth-order valence-electron chi connectivity index (χ4n) is 1.84. The van der Waals surface area contributed by atoms with Crippen LogP contribution in [0.2, 0.25) is 0 Å². The number of rotatable bonds is 1. The van der Waals surface area contributed by atoms with Crippen molar-refractivity contribution in [3.8, 4) is 11.5 Å². The molecular formula is C12H12O4. The monoisotopic (exact) mass is 220 g/mol. The Labute approximate surface area is 92.8 Å². The van der Waals surface area contributed by atoms with Gasteiger partial charge in [0.1, 0.15) is 0 Å². The molecule has 1 heterocycles. The summed E-state index contributed by atoms with van der Waals surface area (Å²) in [5.41, 5.74) is 0.414. The molecule has 0 unspecified atom stereocenters. The van der Waals surface area contributed by atoms with Crippen LogP contribution in [0.5, 0.6) is 11.5 Å². The normalized spacial score (nSPS) is 20.2. The molecule has 1 spiro atoms. The van der Waals surface area contributed by atoms with Gasteiger partial charge in [0.25, 0.3) is 0 Å². The third-order valence-corrected chi connectivity index (χ3v) is 3.22. The van der Waals surface area contributed by atoms with Crippen molar-refractivity contribution in [2.75, 3.05) is 13.2 Å². The Bertz CT molecular complexity index is 448. The highest BCUT2D eigenvalue weighted by Gasteiger charge is 2.46. The maximum atomic E-state index is 10.8. The zero-order valence-electron chi connectivity index (χ0n) is 8.73. The van der Waals surface area contributed by atoms with E-state index in [9.17, 15) is 4.79 Å². The Hall–Kier alpha value is -1.71. The van der Waals surface area contributed by atoms with Crippen molar-refractivity contribution in [1.82, 2.24) is 0 Å². The highest BCUT2D eigenvalue weighted by Crippen LogP contribution is 2.49. The van der Waals surface area contributed by atoms with Crippen LogP contribution < -0.4 is 9.47 Å². The van der Waals surface area contributed by atoms with E-state index in [0.29, 0.717) is 24.7 Å². The van der Waals surface area contributed by atoms with Gasteiger partial charge in [0.15, 0.2) is 11.5 Å². The predicted octanol–water partition coefficient (Wildman–Crippen LogP) is 1.94. The minimum atomic E-state index is -0.947. The van der Waals surface area contributed by atoms with Crippen LogP contribution in [0, 0.1) is 5.41 Å². The van der Waals surface area contributed by atoms with Gasteiger partial charge in [-0.3, -0.25) is 0 Å². The van der Waals surface area contributed by atoms with Gasteiger partial charge in [0.2, 0.25) is 0 Å². The van der Waals surface area contributed by atoms with E-state index in [1.54, 1.807) is 6.07 Å². The van der Waals surface area contributed by atoms with E-state index in [2.05, 4.69) is 0 Å². The highest BCUT2D eigenvalue weighted by molar-refractivity contribution is 5.88. The summed E-state index contributed by atoms with van der Waals surface area (Å²) in [7, 11) is 0. The van der Waals surface area contributed by atoms with Crippen LogP contribution in [0.4, 0.5) is 0 Å². The molecule has 0 aromatic heterocycles. The van der Waals surface area contributed by atoms with E-state index >= 15 is 0 Å². The van der Waals surface area contributed by atoms with Crippen molar-refractivity contribution in [1.29, 1.82) is 0 Å². The number of ether oxygens (including phenoxy) is 2. The van der Waals surface area contributed by atoms with Crippen LogP contribution in [0.1, 0.15) is 23.2 Å². The maximum absolute atomic E-state index is 10.8. The minimum Gasteiger partial charge on any atom is -0.489 e. The van der Waals surface area contributed by atoms with E-state index in [0.717, 1.165) is 12.8 Å². The summed E-state index contributed by atoms with van der Waals surface area (Å²) in [6, 6.07) is 4.73. The standard InChI is InChI=1S/C12H12O4/c13-11(14)8-1-2-9-10(5-8)16-7-12(3-4-12)6-15-9/h1-2,5H,3-4,6-7H2,(H,13,14). The van der Waals surface area contributed by atoms with Crippen molar-refractivity contribution in [3.63, 3.8) is 0 Å². The SMILES string of the molecule is O=C(O)c1ccc2c(c1)OCC1(CC1)CO2. The van der Waals surface area contributed by atoms with E-state index < -0.39 is 5.97 Å². The Morgan fingerprint density at radius 3 is 2.50 bits per heavy atom. The molecule has 1 fully saturated rings. The molecule has 1 aliphatic carbocycles. The van der Waals surface area contributed by atoms with Gasteiger partial charge in [-0.1, -0.05) is 0 Å². The van der Waals surface area contributed by atoms with Gasteiger partial charge in [-0.2, -0.15) is 0 Å². The average molecular weight is 220 g/mol. The lowest BCUT2D eigenvalue weighted by Crippen LogP contribution is -2.17. The number of carboxylic acid groups (broad SMARTS) is 1. The van der Waals surface area contributed by atoms with E-state index in [4.69, 9.17) is 14.6 Å². The van der Waals surface area contributed by atoms with Crippen molar-refractivity contribution < 1.29 is 19.4 Å². The third-order valence-electron chi connectivity index (χ3n) is 3.22. The number of fused-ring (bicyclic) bond motifs is 1. The number of benzene rings is 1. The van der Waals surface area contributed by atoms with Crippen molar-refractivity contribution >= 4 is 5.97 Å². The summed E-state index contributed by atoms with van der Waals surface area (Å²) in [6.45, 7) is 1.30. The van der Waals surface area contributed by atoms with Gasteiger partial charge in [-0.15, -0.1) is 0 Å². The van der Waals surface area contributed by atoms with Gasteiger partial charge in [-0.05, 0) is 31.0 Å². The van der Waals surface area contributed by atoms with E-state index in [-0.39, 0.29) is 11.0 Å². The molecule has 0 radical (unpaired) electrons. The van der Waals surface area contributed by atoms with Crippen LogP contribution in [-0.4, -0.2) is 24.3 Å². The molecule has 1 aromatic rings. The molecule has 0 bridgehead atoms. The van der Waals surface area contributed by atoms with Gasteiger partial charge in [0.05, 0.1) is 18.8 Å². The first-order valence-electron chi connectivity index (χ1n) is 5.32. The molecule has 0 atom stereocenters. The quantitative estimate of drug-likeness (QED) is 0.785. The fourth-order valence-corrected chi connectivity index (χ4v) is 1.84. The number of carboxylic acids is 1. The van der Waals surface area contributed by atoms with Gasteiger partial charge in [-0.25, -0.2) is 4.79 Å². The molecule has 84 valence electrons. The van der Waals surface area contributed by atoms with Gasteiger partial charge >= 0.3 is 5.97 Å². The molecule has 1 N–H and O–H groups in total. The molecule has 1 aliphatic heterocycles. The van der Waals surface area contributed by atoms with Crippen molar-refractivity contribution in [2.24, 2.45) is 5.41 Å². The summed E-state index contributed by atoms with van der Waals surface area (Å²) >= 11 is 0. The van der Waals surface area contributed by atoms with Crippen LogP contribution in [0.25, 0.3) is 0 Å². The summed E-state index contributed by atoms with van der Waals surface area (Å²) in [5.74, 6) is 0.245. The first-order chi connectivity index (χ1) is 7.69. The van der Waals surface area contributed by atoms with Crippen LogP contribution in [-0.2, 0) is 0 Å². The number of aromatic carboxylic acids is 1. The second-order valence-electron chi connectivity index (χ2n) is 4.54. The first kappa shape index (κ1) is 9.51. The molecule has 16 heavy (non-hydrogen) atoms. The van der Waals surface area contributed by atoms with Crippen LogP contribution in [0.15, 0.2) is 18.2 Å². The van der Waals surface area contributed by atoms with Gasteiger partial charge in [0, 0.05) is 5.41 Å². The zero-order chi connectivity index (χ0) is 11.2. The number of carbonyl (C=O) groups is 1. The summed E-state index contributed by atoms with van der Waals surface area (Å²) < 4.78 is 11.3. The molecule has 0 saturated heterocycles. The second-order valence-corrected chi connectivity index (χ2v) is 4.54. The summed E-state index contributed by atoms with van der Waals surface area (Å²) in [5, 5.41) is 8.88. The summed E-state index contributed by atoms with van der Waals surface area (Å²) in [6.07, 6.45) is 2.26. The Balaban J connectivity index is 1.92. The molecule has 3 rings (SSSR count). The molecule has 4 heteroatoms. The zero-order valence-corrected chi connectivity index (χ0v) is 8.73. The lowest BCUT2D eigenvalue weighted by Gasteiger charge is -2.08. The largest absolute Gasteiger partial charge is 0.489 e. The molecular weight excluding hydrogens is 208 g/mol. The van der Waals surface area contributed by atoms with Gasteiger partial charge < -0.3 is 14.6 Å². The number of hydrogen-bond acceptors (Lipinski definition) is 3. The lowest BCUT2D eigenvalue weighted by molar-refractivity contribution is 0.0696. The van der Waals surface area contributed by atoms with E-state index in [1.165, 1.54) is 12.1 Å². The Kier molecular flexibility index (Phi) is 1.87. The molecule has 4 nitrogen and oxygen atoms in total. The molecule has 2 aliphatic rings. The Morgan fingerprint density at radius 2 is 1.88 bits per heavy atom. The molecule has 0 amide bonds. The van der Waals surface area contributed by atoms with E-state index in [1.807, 2.05) is 0 Å². The predicted molar refractivity (Wildman–Crippen MR) is 56.1 cm³/mol. The van der Waals surface area contributed by atoms with Crippen molar-refractivity contribution in [2.45, 2.75) is 12.8 Å². The topological polar surface area (TPSA) is 55.8 Å². The summed E-state index contributed by atoms with van der Waals surface area (Å²) in [4.78, 5) is 10.8. The average Bonchev–Trinajstić information content (AvgIpc) is 3.07.